The minimum absolute atomic E-state index is 0.0392. The number of benzene rings is 7. The number of thiol groups is 1. The zero-order valence-electron chi connectivity index (χ0n) is 81.1. The lowest BCUT2D eigenvalue weighted by Gasteiger charge is -2.36. The second-order valence-corrected chi connectivity index (χ2v) is 37.0. The van der Waals surface area contributed by atoms with Crippen molar-refractivity contribution < 1.29 is 117 Å². The third kappa shape index (κ3) is 45.4. The van der Waals surface area contributed by atoms with E-state index in [0.29, 0.717) is 58.0 Å². The molecule has 0 heterocycles. The van der Waals surface area contributed by atoms with E-state index in [0.717, 1.165) is 58.2 Å². The normalized spacial score (nSPS) is 13.2. The molecule has 0 spiro atoms. The quantitative estimate of drug-likeness (QED) is 0.00729. The SMILES string of the molecule is CC(=O)CC[C@H](NC(=O)N[C@@H](CCC(=O)NCCCCCCCC(=O)N[C@@H](Cc1ccccc1)C(=O)N[C@@H](Cc1ccccc1)C(=O)NC(CSC(c1ccccc1)(c1ccccc1)c1ccccc1)C(=O)O)C(=O)OC(C)(C)C)C(C)=O.O=C(O)CC[C@H](NC(=O)N[C@@H](CCC(=O)NCCCCCCCC(=O)N[C@@H](Cc1ccccc1)C(=O)N[C@@H](Cc1ccccc1)C(=O)NC(CS)C(=O)O)C(=O)O)C(=O)O. The number of nitrogens with one attached hydrogen (secondary N) is 12. The summed E-state index contributed by atoms with van der Waals surface area (Å²) in [5.41, 5.74) is 4.87. The standard InChI is InChI=1S/C65H80N6O11S.C40H54N6O13S/c1-45(72)37-38-52(46(2)73)70-63(81)71-53(62(80)82-64(3,4)5)39-40-57(74)66-41-25-8-6-7-24-36-58(75)67-54(42-47-26-14-9-15-27-47)59(76)68-55(43-48-28-16-10-17-29-48)60(77)69-56(61(78)79)44-83-65(49-30-18-11-19-31-49,50-32-20-12-21-33-50)51-34-22-13-23-35-51;47-32(19-17-27(37(53)54)45-40(59)46-28(38(55)56)18-20-34(49)50)41-21-11-3-1-2-10-16-33(48)42-29(22-25-12-6-4-7-13-25)35(51)43-30(23-26-14-8-5-9-15-26)36(52)44-31(24-60)39(57)58/h9-23,26-35,52-56H,6-8,24-25,36-44H2,1-5H3,(H,66,74)(H,67,75)(H,68,76)(H,69,77)(H,78,79)(H2,70,71,81);4-9,12-15,27-31,60H,1-3,10-11,16-24H2,(H,41,47)(H,42,48)(H,43,51)(H,44,52)(H,49,50)(H,53,54)(H,55,56)(H,57,58)(H2,45,46,59)/t52-,53-,54-,55-,56?;27-,28-,29-,30-,31?/m00/s1. The van der Waals surface area contributed by atoms with Gasteiger partial charge in [-0.25, -0.2) is 33.6 Å². The first kappa shape index (κ1) is 117. The highest BCUT2D eigenvalue weighted by Gasteiger charge is 2.41. The first-order chi connectivity index (χ1) is 68.3. The van der Waals surface area contributed by atoms with Crippen LogP contribution in [0.1, 0.15) is 202 Å². The summed E-state index contributed by atoms with van der Waals surface area (Å²) in [6.45, 7) is 8.34. The molecular formula is C105H134N12O24S2. The monoisotopic (exact) mass is 2010 g/mol. The van der Waals surface area contributed by atoms with Gasteiger partial charge in [-0.3, -0.25) is 47.9 Å². The van der Waals surface area contributed by atoms with Gasteiger partial charge in [0.2, 0.25) is 47.3 Å². The molecule has 7 rings (SSSR count). The molecule has 2 unspecified atom stereocenters. The summed E-state index contributed by atoms with van der Waals surface area (Å²) in [5.74, 6) is -12.4. The summed E-state index contributed by atoms with van der Waals surface area (Å²) in [6.07, 6.45) is 5.64. The fourth-order valence-corrected chi connectivity index (χ4v) is 16.9. The highest BCUT2D eigenvalue weighted by Crippen LogP contribution is 2.49. The van der Waals surface area contributed by atoms with Crippen molar-refractivity contribution in [1.82, 2.24) is 63.8 Å². The Morgan fingerprint density at radius 1 is 0.308 bits per heavy atom. The van der Waals surface area contributed by atoms with Crippen molar-refractivity contribution in [3.05, 3.63) is 251 Å². The lowest BCUT2D eigenvalue weighted by molar-refractivity contribution is -0.157. The number of aliphatic carboxylic acids is 5. The number of urea groups is 2. The Labute approximate surface area is 842 Å². The van der Waals surface area contributed by atoms with Crippen LogP contribution in [0.25, 0.3) is 0 Å². The number of carboxylic acid groups (broad SMARTS) is 5. The van der Waals surface area contributed by atoms with Gasteiger partial charge in [-0.1, -0.05) is 251 Å². The smallest absolute Gasteiger partial charge is 0.329 e. The fourth-order valence-electron chi connectivity index (χ4n) is 15.1. The average molecular weight is 2010 g/mol. The molecule has 770 valence electrons. The first-order valence-electron chi connectivity index (χ1n) is 47.7. The molecule has 10 atom stereocenters. The summed E-state index contributed by atoms with van der Waals surface area (Å²) < 4.78 is 4.61. The number of carbonyl (C=O) groups is 18. The molecule has 0 aliphatic carbocycles. The number of esters is 1. The van der Waals surface area contributed by atoms with Crippen LogP contribution in [-0.2, 0) is 112 Å². The van der Waals surface area contributed by atoms with Crippen LogP contribution in [-0.4, -0.2) is 223 Å². The number of carbonyl (C=O) groups excluding carboxylic acids is 13. The van der Waals surface area contributed by atoms with E-state index in [9.17, 15) is 107 Å². The van der Waals surface area contributed by atoms with Gasteiger partial charge in [0.15, 0.2) is 5.78 Å². The molecule has 0 bridgehead atoms. The minimum Gasteiger partial charge on any atom is -0.481 e. The number of thioether (sulfide) groups is 1. The van der Waals surface area contributed by atoms with Crippen molar-refractivity contribution in [1.29, 1.82) is 0 Å². The van der Waals surface area contributed by atoms with Crippen LogP contribution in [0.15, 0.2) is 212 Å². The molecule has 12 amide bonds. The van der Waals surface area contributed by atoms with E-state index in [1.165, 1.54) is 25.6 Å². The van der Waals surface area contributed by atoms with Crippen molar-refractivity contribution in [3.8, 4) is 0 Å². The van der Waals surface area contributed by atoms with E-state index in [1.54, 1.807) is 75.4 Å². The Morgan fingerprint density at radius 3 is 0.916 bits per heavy atom. The highest BCUT2D eigenvalue weighted by molar-refractivity contribution is 8.00. The number of carboxylic acids is 5. The Bertz CT molecular complexity index is 5170. The molecule has 0 aliphatic rings. The van der Waals surface area contributed by atoms with Gasteiger partial charge < -0.3 is 98.9 Å². The van der Waals surface area contributed by atoms with Gasteiger partial charge in [-0.2, -0.15) is 12.6 Å². The molecule has 0 fully saturated rings. The number of hydrogen-bond donors (Lipinski definition) is 18. The van der Waals surface area contributed by atoms with E-state index < -0.39 is 161 Å². The lowest BCUT2D eigenvalue weighted by atomic mass is 9.84. The Kier molecular flexibility index (Phi) is 52.1. The molecule has 143 heavy (non-hydrogen) atoms. The predicted octanol–water partition coefficient (Wildman–Crippen LogP) is 9.56. The number of Topliss-reactive ketones (excluding diaryl/α,β-unsaturated/α-hetero) is 2. The highest BCUT2D eigenvalue weighted by atomic mass is 32.2. The molecule has 0 saturated heterocycles. The van der Waals surface area contributed by atoms with Crippen molar-refractivity contribution in [2.45, 2.75) is 259 Å². The summed E-state index contributed by atoms with van der Waals surface area (Å²) in [7, 11) is 0. The number of amides is 12. The van der Waals surface area contributed by atoms with Crippen molar-refractivity contribution in [2.75, 3.05) is 24.6 Å². The summed E-state index contributed by atoms with van der Waals surface area (Å²) in [4.78, 5) is 228. The maximum Gasteiger partial charge on any atom is 0.329 e. The molecule has 38 heteroatoms. The molecule has 17 N–H and O–H groups in total. The number of hydrogen-bond acceptors (Lipinski definition) is 21. The maximum absolute atomic E-state index is 14.5. The molecule has 0 saturated carbocycles. The van der Waals surface area contributed by atoms with Crippen molar-refractivity contribution in [2.24, 2.45) is 0 Å². The lowest BCUT2D eigenvalue weighted by Crippen LogP contribution is -2.57. The van der Waals surface area contributed by atoms with Crippen LogP contribution in [0, 0.1) is 0 Å². The molecule has 7 aromatic rings. The van der Waals surface area contributed by atoms with Crippen molar-refractivity contribution >= 4 is 131 Å². The molecular weight excluding hydrogens is 1880 g/mol. The molecule has 0 aliphatic heterocycles. The topological polar surface area (TPSA) is 562 Å². The zero-order chi connectivity index (χ0) is 105. The van der Waals surface area contributed by atoms with Gasteiger partial charge in [0.1, 0.15) is 65.8 Å². The second-order valence-electron chi connectivity index (χ2n) is 35.4. The summed E-state index contributed by atoms with van der Waals surface area (Å²) in [6, 6.07) is 51.3. The maximum atomic E-state index is 14.5. The molecule has 0 radical (unpaired) electrons. The van der Waals surface area contributed by atoms with Crippen LogP contribution in [0.3, 0.4) is 0 Å². The van der Waals surface area contributed by atoms with Crippen LogP contribution in [0.5, 0.6) is 0 Å². The third-order valence-corrected chi connectivity index (χ3v) is 24.7. The average Bonchev–Trinajstić information content (AvgIpc) is 0.754. The predicted molar refractivity (Wildman–Crippen MR) is 540 cm³/mol. The van der Waals surface area contributed by atoms with E-state index in [2.05, 4.69) is 71.1 Å². The van der Waals surface area contributed by atoms with Gasteiger partial charge in [-0.05, 0) is 125 Å². The van der Waals surface area contributed by atoms with Crippen molar-refractivity contribution in [3.63, 3.8) is 0 Å². The van der Waals surface area contributed by atoms with Gasteiger partial charge in [0.25, 0.3) is 0 Å². The number of ether oxygens (including phenoxy) is 1. The first-order valence-corrected chi connectivity index (χ1v) is 49.4. The molecule has 0 aromatic heterocycles. The third-order valence-electron chi connectivity index (χ3n) is 22.7. The van der Waals surface area contributed by atoms with Gasteiger partial charge in [0, 0.05) is 88.8 Å². The largest absolute Gasteiger partial charge is 0.481 e. The van der Waals surface area contributed by atoms with E-state index >= 15 is 0 Å². The Hall–Kier alpha value is -14.3. The zero-order valence-corrected chi connectivity index (χ0v) is 82.8. The fraction of sp³-hybridized carbons (Fsp3) is 0.429. The van der Waals surface area contributed by atoms with Crippen LogP contribution >= 0.6 is 24.4 Å². The number of unbranched alkanes of at least 4 members (excludes halogenated alkanes) is 8. The van der Waals surface area contributed by atoms with E-state index in [1.807, 2.05) is 163 Å². The van der Waals surface area contributed by atoms with Gasteiger partial charge >= 0.3 is 47.9 Å². The minimum atomic E-state index is -1.56. The van der Waals surface area contributed by atoms with E-state index in [-0.39, 0.29) is 118 Å². The van der Waals surface area contributed by atoms with Crippen LogP contribution < -0.4 is 63.8 Å². The van der Waals surface area contributed by atoms with Gasteiger partial charge in [0.05, 0.1) is 10.8 Å². The van der Waals surface area contributed by atoms with Crippen LogP contribution in [0.2, 0.25) is 0 Å². The molecule has 36 nitrogen and oxygen atoms in total. The van der Waals surface area contributed by atoms with E-state index in [4.69, 9.17) is 9.84 Å². The summed E-state index contributed by atoms with van der Waals surface area (Å²) >= 11 is 5.40. The van der Waals surface area contributed by atoms with Gasteiger partial charge in [-0.15, -0.1) is 11.8 Å². The number of ketones is 2. The molecule has 7 aromatic carbocycles. The number of rotatable bonds is 63. The Balaban J connectivity index is 0.000000462. The summed E-state index contributed by atoms with van der Waals surface area (Å²) in [5, 5.41) is 78.6. The van der Waals surface area contributed by atoms with Crippen LogP contribution in [0.4, 0.5) is 9.59 Å². The Morgan fingerprint density at radius 2 is 0.594 bits per heavy atom. The second kappa shape index (κ2) is 63.5.